The molecule has 0 bridgehead atoms. The van der Waals surface area contributed by atoms with Gasteiger partial charge in [-0.2, -0.15) is 4.39 Å². The van der Waals surface area contributed by atoms with E-state index in [2.05, 4.69) is 20.8 Å². The molecule has 2 atom stereocenters. The van der Waals surface area contributed by atoms with Crippen LogP contribution < -0.4 is 10.2 Å². The molecule has 2 fully saturated rings. The molecule has 44 heavy (non-hydrogen) atoms. The molecule has 0 spiro atoms. The van der Waals surface area contributed by atoms with Crippen LogP contribution in [0.4, 0.5) is 13.6 Å². The fourth-order valence-corrected chi connectivity index (χ4v) is 5.96. The van der Waals surface area contributed by atoms with E-state index in [-0.39, 0.29) is 56.4 Å². The largest absolute Gasteiger partial charge is 0.486 e. The summed E-state index contributed by atoms with van der Waals surface area (Å²) >= 11 is 0. The van der Waals surface area contributed by atoms with E-state index in [9.17, 15) is 18.8 Å². The number of hydrogen-bond donors (Lipinski definition) is 0. The van der Waals surface area contributed by atoms with Gasteiger partial charge in [-0.05, 0) is 71.9 Å². The molecule has 2 heterocycles. The van der Waals surface area contributed by atoms with Crippen LogP contribution in [0.15, 0.2) is 17.1 Å². The van der Waals surface area contributed by atoms with Crippen molar-refractivity contribution in [1.82, 2.24) is 9.47 Å². The third-order valence-electron chi connectivity index (χ3n) is 7.67. The Labute approximate surface area is 260 Å². The number of nitrogens with zero attached hydrogens (tertiary/aromatic N) is 2. The number of fused-ring (bicyclic) bond motifs is 1. The molecule has 2 aromatic rings. The lowest BCUT2D eigenvalue weighted by Gasteiger charge is -2.34. The molecule has 4 rings (SSSR count). The Balaban J connectivity index is 1.71. The van der Waals surface area contributed by atoms with Gasteiger partial charge in [0.2, 0.25) is 21.0 Å². The molecule has 1 saturated heterocycles. The molecule has 1 saturated carbocycles. The molecule has 1 aromatic heterocycles. The number of rotatable bonds is 9. The van der Waals surface area contributed by atoms with Crippen molar-refractivity contribution in [3.8, 4) is 5.75 Å². The highest BCUT2D eigenvalue weighted by atomic mass is 28.2. The summed E-state index contributed by atoms with van der Waals surface area (Å²) < 4.78 is 55.2. The van der Waals surface area contributed by atoms with Crippen molar-refractivity contribution >= 4 is 32.7 Å². The van der Waals surface area contributed by atoms with E-state index < -0.39 is 52.1 Å². The Morgan fingerprint density at radius 3 is 2.30 bits per heavy atom. The van der Waals surface area contributed by atoms with Crippen molar-refractivity contribution in [3.05, 3.63) is 39.7 Å². The van der Waals surface area contributed by atoms with Gasteiger partial charge in [0.15, 0.2) is 11.6 Å². The van der Waals surface area contributed by atoms with Gasteiger partial charge in [-0.1, -0.05) is 20.8 Å². The van der Waals surface area contributed by atoms with Gasteiger partial charge in [0, 0.05) is 24.7 Å². The van der Waals surface area contributed by atoms with Crippen LogP contribution in [0.1, 0.15) is 98.0 Å². The normalized spacial score (nSPS) is 19.4. The van der Waals surface area contributed by atoms with Gasteiger partial charge in [-0.25, -0.2) is 14.0 Å². The summed E-state index contributed by atoms with van der Waals surface area (Å²) in [5.74, 6) is -3.88. The molecule has 2 radical (unpaired) electrons. The highest BCUT2D eigenvalue weighted by molar-refractivity contribution is 6.31. The third-order valence-corrected chi connectivity index (χ3v) is 8.91. The SMILES string of the molecule is CCOC(=O)c1cn(C2CC2)c2c(OC[C@@H]3CC(C(C)(C)O[Si]C(C)(C)C)CN3C(=O)OC(C)(C)C)c(F)c(F)cc2c1=O. The number of amides is 1. The maximum Gasteiger partial charge on any atom is 0.410 e. The molecule has 1 aliphatic heterocycles. The lowest BCUT2D eigenvalue weighted by Crippen LogP contribution is -2.43. The highest BCUT2D eigenvalue weighted by Gasteiger charge is 2.45. The zero-order valence-electron chi connectivity index (χ0n) is 27.1. The second-order valence-corrected chi connectivity index (χ2v) is 16.1. The number of carbonyl (C=O) groups excluding carboxylic acids is 2. The van der Waals surface area contributed by atoms with Crippen molar-refractivity contribution in [2.24, 2.45) is 5.92 Å². The monoisotopic (exact) mass is 634 g/mol. The molecule has 1 unspecified atom stereocenters. The maximum absolute atomic E-state index is 15.5. The van der Waals surface area contributed by atoms with E-state index >= 15 is 4.39 Å². The van der Waals surface area contributed by atoms with Crippen molar-refractivity contribution in [1.29, 1.82) is 0 Å². The summed E-state index contributed by atoms with van der Waals surface area (Å²) in [6.07, 6.45) is 2.75. The molecule has 0 N–H and O–H groups in total. The first-order valence-electron chi connectivity index (χ1n) is 15.1. The number of aromatic nitrogens is 1. The molecule has 1 aliphatic carbocycles. The van der Waals surface area contributed by atoms with Gasteiger partial charge in [0.25, 0.3) is 0 Å². The van der Waals surface area contributed by atoms with Crippen LogP contribution in [-0.2, 0) is 13.9 Å². The first-order chi connectivity index (χ1) is 20.3. The van der Waals surface area contributed by atoms with Crippen LogP contribution in [0, 0.1) is 17.6 Å². The first kappa shape index (κ1) is 33.9. The minimum absolute atomic E-state index is 0.0380. The van der Waals surface area contributed by atoms with Gasteiger partial charge in [0.1, 0.15) is 17.8 Å². The number of halogens is 2. The van der Waals surface area contributed by atoms with Crippen molar-refractivity contribution in [2.75, 3.05) is 19.8 Å². The molecule has 242 valence electrons. The smallest absolute Gasteiger partial charge is 0.410 e. The molecule has 12 heteroatoms. The van der Waals surface area contributed by atoms with E-state index in [4.69, 9.17) is 18.6 Å². The van der Waals surface area contributed by atoms with Crippen molar-refractivity contribution in [2.45, 2.75) is 110 Å². The van der Waals surface area contributed by atoms with Crippen LogP contribution in [0.2, 0.25) is 5.04 Å². The van der Waals surface area contributed by atoms with E-state index in [0.29, 0.717) is 13.0 Å². The Morgan fingerprint density at radius 2 is 1.73 bits per heavy atom. The minimum atomic E-state index is -1.28. The summed E-state index contributed by atoms with van der Waals surface area (Å²) in [7, 11) is 0.228. The Kier molecular flexibility index (Phi) is 9.57. The molecular formula is C32H44F2N2O7Si. The fraction of sp³-hybridized carbons (Fsp3) is 0.656. The van der Waals surface area contributed by atoms with Gasteiger partial charge in [-0.3, -0.25) is 4.79 Å². The minimum Gasteiger partial charge on any atom is -0.486 e. The van der Waals surface area contributed by atoms with Crippen LogP contribution in [0.25, 0.3) is 10.9 Å². The second-order valence-electron chi connectivity index (χ2n) is 14.2. The summed E-state index contributed by atoms with van der Waals surface area (Å²) in [6.45, 7) is 17.4. The lowest BCUT2D eigenvalue weighted by atomic mass is 9.89. The van der Waals surface area contributed by atoms with E-state index in [1.54, 1.807) is 37.2 Å². The number of carbonyl (C=O) groups is 2. The standard InChI is InChI=1S/C32H44F2N2O7Si/c1-10-40-28(38)22-16-35(19-11-12-19)25-21(26(22)37)14-23(33)24(34)27(25)41-17-20-13-18(32(8,9)43-44-31(5,6)7)15-36(20)29(39)42-30(2,3)4/h14,16,18-20H,10-13,15,17H2,1-9H3/t18?,20-/m0/s1. The molecule has 2 aliphatic rings. The molecule has 1 aromatic carbocycles. The zero-order chi connectivity index (χ0) is 32.8. The predicted octanol–water partition coefficient (Wildman–Crippen LogP) is 6.43. The number of hydrogen-bond acceptors (Lipinski definition) is 7. The highest BCUT2D eigenvalue weighted by Crippen LogP contribution is 2.42. The van der Waals surface area contributed by atoms with E-state index in [0.717, 1.165) is 18.9 Å². The second kappa shape index (κ2) is 12.4. The van der Waals surface area contributed by atoms with E-state index in [1.807, 2.05) is 13.8 Å². The number of esters is 1. The van der Waals surface area contributed by atoms with Crippen molar-refractivity contribution < 1.29 is 37.0 Å². The first-order valence-corrected chi connectivity index (χ1v) is 16.1. The number of likely N-dealkylation sites (tertiary alicyclic amines) is 1. The summed E-state index contributed by atoms with van der Waals surface area (Å²) in [5.41, 5.74) is -2.29. The fourth-order valence-electron chi connectivity index (χ4n) is 5.23. The average molecular weight is 635 g/mol. The van der Waals surface area contributed by atoms with Gasteiger partial charge in [-0.15, -0.1) is 0 Å². The Bertz CT molecular complexity index is 1470. The predicted molar refractivity (Wildman–Crippen MR) is 163 cm³/mol. The van der Waals surface area contributed by atoms with Gasteiger partial charge < -0.3 is 28.1 Å². The Hall–Kier alpha value is -2.99. The number of pyridine rings is 1. The van der Waals surface area contributed by atoms with Gasteiger partial charge >= 0.3 is 12.1 Å². The molecule has 9 nitrogen and oxygen atoms in total. The summed E-state index contributed by atoms with van der Waals surface area (Å²) in [6, 6.07) is 0.137. The third kappa shape index (κ3) is 7.62. The number of benzene rings is 1. The number of ether oxygens (including phenoxy) is 3. The summed E-state index contributed by atoms with van der Waals surface area (Å²) in [5, 5.41) is -0.216. The van der Waals surface area contributed by atoms with Gasteiger partial charge in [0.05, 0.1) is 29.2 Å². The lowest BCUT2D eigenvalue weighted by molar-refractivity contribution is 0.0145. The summed E-state index contributed by atoms with van der Waals surface area (Å²) in [4.78, 5) is 40.8. The van der Waals surface area contributed by atoms with E-state index in [1.165, 1.54) is 6.20 Å². The Morgan fingerprint density at radius 1 is 1.07 bits per heavy atom. The molecular weight excluding hydrogens is 590 g/mol. The van der Waals surface area contributed by atoms with Crippen LogP contribution in [0.3, 0.4) is 0 Å². The van der Waals surface area contributed by atoms with Crippen LogP contribution >= 0.6 is 0 Å². The zero-order valence-corrected chi connectivity index (χ0v) is 28.1. The molecule has 1 amide bonds. The van der Waals surface area contributed by atoms with Crippen molar-refractivity contribution in [3.63, 3.8) is 0 Å². The maximum atomic E-state index is 15.5. The van der Waals surface area contributed by atoms with Crippen LogP contribution in [0.5, 0.6) is 5.75 Å². The quantitative estimate of drug-likeness (QED) is 0.232. The topological polar surface area (TPSA) is 96.3 Å². The van der Waals surface area contributed by atoms with Crippen LogP contribution in [-0.4, -0.2) is 68.3 Å². The average Bonchev–Trinajstić information content (AvgIpc) is 3.65.